The lowest BCUT2D eigenvalue weighted by Gasteiger charge is -2.57. The van der Waals surface area contributed by atoms with Gasteiger partial charge in [-0.05, 0) is 0 Å². The van der Waals surface area contributed by atoms with Gasteiger partial charge < -0.3 is 70.9 Å². The van der Waals surface area contributed by atoms with Crippen molar-refractivity contribution in [3.8, 4) is 0 Å². The summed E-state index contributed by atoms with van der Waals surface area (Å²) >= 11 is 0. The zero-order valence-electron chi connectivity index (χ0n) is 18.0. The molecule has 0 saturated carbocycles. The first-order valence-electron chi connectivity index (χ1n) is 10.4. The van der Waals surface area contributed by atoms with E-state index in [-0.39, 0.29) is 13.2 Å². The van der Waals surface area contributed by atoms with Gasteiger partial charge in [-0.3, -0.25) is 0 Å². The maximum Gasteiger partial charge on any atom is 0.407 e. The van der Waals surface area contributed by atoms with Crippen molar-refractivity contribution in [1.82, 2.24) is 5.32 Å². The van der Waals surface area contributed by atoms with E-state index in [1.807, 2.05) is 0 Å². The maximum absolute atomic E-state index is 11.6. The van der Waals surface area contributed by atoms with Crippen LogP contribution in [-0.4, -0.2) is 154 Å². The number of hydrogen-bond acceptors (Lipinski definition) is 14. The molecule has 0 aromatic rings. The minimum atomic E-state index is -2.48. The Labute approximate surface area is 189 Å². The third kappa shape index (κ3) is 5.39. The molecule has 2 saturated heterocycles. The topological polar surface area (TPSA) is 254 Å². The minimum Gasteiger partial charge on any atom is -0.440 e. The number of aliphatic hydroxyl groups excluding tert-OH is 8. The maximum atomic E-state index is 11.6. The lowest BCUT2D eigenvalue weighted by atomic mass is 9.73. The Kier molecular flexibility index (Phi) is 10.2. The first-order valence-corrected chi connectivity index (χ1v) is 10.4. The number of nitrogens with one attached hydrogen (secondary N) is 1. The van der Waals surface area contributed by atoms with Gasteiger partial charge in [0.1, 0.15) is 54.9 Å². The second-order valence-electron chi connectivity index (χ2n) is 7.88. The van der Waals surface area contributed by atoms with Crippen LogP contribution in [0.5, 0.6) is 0 Å². The Morgan fingerprint density at radius 2 is 1.70 bits per heavy atom. The van der Waals surface area contributed by atoms with E-state index in [9.17, 15) is 45.6 Å². The van der Waals surface area contributed by atoms with Crippen LogP contribution < -0.4 is 11.1 Å². The van der Waals surface area contributed by atoms with Gasteiger partial charge in [0.25, 0.3) is 0 Å². The summed E-state index contributed by atoms with van der Waals surface area (Å²) in [6.45, 7) is -2.19. The number of rotatable bonds is 9. The molecule has 2 aliphatic heterocycles. The van der Waals surface area contributed by atoms with E-state index in [1.165, 1.54) is 7.05 Å². The smallest absolute Gasteiger partial charge is 0.407 e. The third-order valence-electron chi connectivity index (χ3n) is 5.87. The van der Waals surface area contributed by atoms with Crippen molar-refractivity contribution in [2.24, 2.45) is 5.73 Å². The SMILES string of the molecule is CNC(=O)O[C@H]1[C@H](O)[C@H](O)[C@@H](C2(C(O)COCCN)O[C@@H](CO)[C@@H](O)[C@H](O)[C@@H]2O)O[C@@H]1CO. The number of nitrogens with two attached hydrogens (primary N) is 1. The Morgan fingerprint density at radius 1 is 1.06 bits per heavy atom. The van der Waals surface area contributed by atoms with Crippen LogP contribution in [0.2, 0.25) is 0 Å². The Morgan fingerprint density at radius 3 is 2.24 bits per heavy atom. The summed E-state index contributed by atoms with van der Waals surface area (Å²) in [7, 11) is 1.24. The lowest BCUT2D eigenvalue weighted by molar-refractivity contribution is -0.363. The van der Waals surface area contributed by atoms with E-state index in [4.69, 9.17) is 24.7 Å². The molecule has 11 N–H and O–H groups in total. The molecule has 2 heterocycles. The predicted molar refractivity (Wildman–Crippen MR) is 106 cm³/mol. The quantitative estimate of drug-likeness (QED) is 0.136. The fourth-order valence-corrected chi connectivity index (χ4v) is 4.12. The molecule has 0 spiro atoms. The molecule has 2 fully saturated rings. The highest BCUT2D eigenvalue weighted by Gasteiger charge is 2.66. The van der Waals surface area contributed by atoms with Crippen molar-refractivity contribution in [3.63, 3.8) is 0 Å². The summed E-state index contributed by atoms with van der Waals surface area (Å²) in [4.78, 5) is 11.6. The first kappa shape index (κ1) is 28.0. The predicted octanol–water partition coefficient (Wildman–Crippen LogP) is -6.26. The molecular weight excluding hydrogens is 452 g/mol. The summed E-state index contributed by atoms with van der Waals surface area (Å²) in [5, 5.41) is 85.4. The normalized spacial score (nSPS) is 42.5. The molecule has 1 amide bonds. The molecule has 0 aromatic heterocycles. The van der Waals surface area contributed by atoms with Crippen molar-refractivity contribution < 1.29 is 64.6 Å². The van der Waals surface area contributed by atoms with Crippen molar-refractivity contribution in [2.45, 2.75) is 66.6 Å². The van der Waals surface area contributed by atoms with E-state index >= 15 is 0 Å². The number of alkyl carbamates (subject to hydrolysis) is 1. The second-order valence-corrected chi connectivity index (χ2v) is 7.88. The van der Waals surface area contributed by atoms with Crippen LogP contribution in [0.4, 0.5) is 4.79 Å². The van der Waals surface area contributed by atoms with Crippen molar-refractivity contribution in [3.05, 3.63) is 0 Å². The molecule has 33 heavy (non-hydrogen) atoms. The van der Waals surface area contributed by atoms with Gasteiger partial charge >= 0.3 is 6.09 Å². The van der Waals surface area contributed by atoms with Crippen LogP contribution in [-0.2, 0) is 18.9 Å². The summed E-state index contributed by atoms with van der Waals surface area (Å²) < 4.78 is 21.4. The second kappa shape index (κ2) is 12.0. The number of aliphatic hydroxyl groups is 8. The van der Waals surface area contributed by atoms with Crippen molar-refractivity contribution >= 4 is 6.09 Å². The third-order valence-corrected chi connectivity index (χ3v) is 5.87. The van der Waals surface area contributed by atoms with Crippen LogP contribution in [0.15, 0.2) is 0 Å². The number of hydrogen-bond donors (Lipinski definition) is 10. The largest absolute Gasteiger partial charge is 0.440 e. The van der Waals surface area contributed by atoms with Gasteiger partial charge in [0.15, 0.2) is 11.7 Å². The molecule has 15 nitrogen and oxygen atoms in total. The lowest BCUT2D eigenvalue weighted by Crippen LogP contribution is -2.79. The molecule has 15 heteroatoms. The number of carbonyl (C=O) groups excluding carboxylic acids is 1. The van der Waals surface area contributed by atoms with Gasteiger partial charge in [0.05, 0.1) is 26.4 Å². The fraction of sp³-hybridized carbons (Fsp3) is 0.944. The summed E-state index contributed by atoms with van der Waals surface area (Å²) in [5.74, 6) is 0. The van der Waals surface area contributed by atoms with Crippen molar-refractivity contribution in [2.75, 3.05) is 40.0 Å². The van der Waals surface area contributed by atoms with Gasteiger partial charge in [-0.1, -0.05) is 0 Å². The monoisotopic (exact) mass is 486 g/mol. The standard InChI is InChI=1S/C18H34N2O13/c1-20-17(29)32-14-8(5-22)31-16(13(27)11(14)25)18(9(23)6-30-3-2-19)15(28)12(26)10(24)7(4-21)33-18/h7-16,21-28H,2-6,19H2,1H3,(H,20,29)/t7-,8+,9?,10+,11+,12-,13-,14+,15-,16-,18?/m0/s1. The van der Waals surface area contributed by atoms with E-state index < -0.39 is 92.6 Å². The summed E-state index contributed by atoms with van der Waals surface area (Å²) in [6.07, 6.45) is -19.1. The van der Waals surface area contributed by atoms with E-state index in [0.717, 1.165) is 0 Å². The number of amides is 1. The van der Waals surface area contributed by atoms with E-state index in [2.05, 4.69) is 5.32 Å². The van der Waals surface area contributed by atoms with Gasteiger partial charge in [0, 0.05) is 13.6 Å². The molecule has 0 radical (unpaired) electrons. The Hall–Kier alpha value is -1.21. The summed E-state index contributed by atoms with van der Waals surface area (Å²) in [5.41, 5.74) is 2.88. The highest BCUT2D eigenvalue weighted by Crippen LogP contribution is 2.42. The molecule has 0 bridgehead atoms. The Bertz CT molecular complexity index is 626. The van der Waals surface area contributed by atoms with Crippen LogP contribution in [0.25, 0.3) is 0 Å². The molecule has 0 aliphatic carbocycles. The van der Waals surface area contributed by atoms with Gasteiger partial charge in [-0.2, -0.15) is 0 Å². The molecule has 2 aliphatic rings. The highest BCUT2D eigenvalue weighted by molar-refractivity contribution is 5.67. The zero-order valence-corrected chi connectivity index (χ0v) is 18.0. The molecule has 11 atom stereocenters. The molecule has 2 unspecified atom stereocenters. The fourth-order valence-electron chi connectivity index (χ4n) is 4.12. The number of carbonyl (C=O) groups is 1. The molecule has 0 aromatic carbocycles. The van der Waals surface area contributed by atoms with Crippen LogP contribution >= 0.6 is 0 Å². The molecular formula is C18H34N2O13. The molecule has 2 rings (SSSR count). The first-order chi connectivity index (χ1) is 15.6. The molecule has 194 valence electrons. The minimum absolute atomic E-state index is 0.0180. The van der Waals surface area contributed by atoms with Gasteiger partial charge in [0.2, 0.25) is 0 Å². The van der Waals surface area contributed by atoms with Crippen LogP contribution in [0, 0.1) is 0 Å². The number of ether oxygens (including phenoxy) is 4. The zero-order chi connectivity index (χ0) is 24.9. The van der Waals surface area contributed by atoms with Crippen LogP contribution in [0.1, 0.15) is 0 Å². The summed E-state index contributed by atoms with van der Waals surface area (Å²) in [6, 6.07) is 0. The average Bonchev–Trinajstić information content (AvgIpc) is 2.81. The van der Waals surface area contributed by atoms with Crippen molar-refractivity contribution in [1.29, 1.82) is 0 Å². The van der Waals surface area contributed by atoms with E-state index in [1.54, 1.807) is 0 Å². The van der Waals surface area contributed by atoms with Crippen LogP contribution in [0.3, 0.4) is 0 Å². The van der Waals surface area contributed by atoms with Gasteiger partial charge in [-0.15, -0.1) is 0 Å². The van der Waals surface area contributed by atoms with E-state index in [0.29, 0.717) is 0 Å². The highest BCUT2D eigenvalue weighted by atomic mass is 16.6. The van der Waals surface area contributed by atoms with Gasteiger partial charge in [-0.25, -0.2) is 4.79 Å². The Balaban J connectivity index is 2.49. The average molecular weight is 486 g/mol.